The van der Waals surface area contributed by atoms with Crippen molar-refractivity contribution in [2.75, 3.05) is 12.4 Å². The van der Waals surface area contributed by atoms with Gasteiger partial charge in [-0.2, -0.15) is 5.10 Å². The Morgan fingerprint density at radius 1 is 1.03 bits per heavy atom. The summed E-state index contributed by atoms with van der Waals surface area (Å²) in [4.78, 5) is 34.5. The number of hydrogen-bond acceptors (Lipinski definition) is 7. The highest BCUT2D eigenvalue weighted by atomic mass is 32.2. The van der Waals surface area contributed by atoms with Crippen molar-refractivity contribution in [1.82, 2.24) is 15.0 Å². The predicted octanol–water partition coefficient (Wildman–Crippen LogP) is 5.55. The number of amides is 1. The zero-order valence-electron chi connectivity index (χ0n) is 21.5. The second-order valence-corrected chi connectivity index (χ2v) is 10.5. The molecule has 2 atom stereocenters. The summed E-state index contributed by atoms with van der Waals surface area (Å²) >= 11 is 1.20. The molecule has 0 radical (unpaired) electrons. The minimum Gasteiger partial charge on any atom is -0.455 e. The lowest BCUT2D eigenvalue weighted by atomic mass is 9.77. The molecule has 2 heterocycles. The topological polar surface area (TPSA) is 84.8 Å². The summed E-state index contributed by atoms with van der Waals surface area (Å²) in [5.74, 6) is -0.700. The Labute approximate surface area is 227 Å². The average molecular weight is 527 g/mol. The molecule has 2 aromatic carbocycles. The number of benzene rings is 2. The smallest absolute Gasteiger partial charge is 0.316 e. The molecule has 1 aromatic heterocycles. The Hall–Kier alpha value is -3.78. The number of hydrogen-bond donors (Lipinski definition) is 0. The lowest BCUT2D eigenvalue weighted by Crippen LogP contribution is -2.34. The quantitative estimate of drug-likeness (QED) is 0.228. The van der Waals surface area contributed by atoms with Gasteiger partial charge in [0.05, 0.1) is 17.5 Å². The molecule has 0 spiro atoms. The largest absolute Gasteiger partial charge is 0.455 e. The van der Waals surface area contributed by atoms with E-state index in [0.29, 0.717) is 5.16 Å². The summed E-state index contributed by atoms with van der Waals surface area (Å²) in [5.41, 5.74) is 5.93. The number of aromatic nitrogens is 2. The number of allylic oxidation sites excluding steroid dienone is 1. The Kier molecular flexibility index (Phi) is 7.98. The number of ether oxygens (including phenoxy) is 1. The van der Waals surface area contributed by atoms with Gasteiger partial charge in [0, 0.05) is 17.3 Å². The van der Waals surface area contributed by atoms with E-state index in [1.807, 2.05) is 68.4 Å². The van der Waals surface area contributed by atoms with Crippen molar-refractivity contribution in [3.05, 3.63) is 94.8 Å². The number of carbonyl (C=O) groups is 2. The summed E-state index contributed by atoms with van der Waals surface area (Å²) in [6.45, 7) is 3.40. The van der Waals surface area contributed by atoms with Crippen LogP contribution in [0.2, 0.25) is 0 Å². The third-order valence-electron chi connectivity index (χ3n) is 6.68. The average Bonchev–Trinajstić information content (AvgIpc) is 3.32. The van der Waals surface area contributed by atoms with Crippen molar-refractivity contribution < 1.29 is 14.3 Å². The lowest BCUT2D eigenvalue weighted by molar-refractivity contribution is -0.151. The SMILES string of the molecule is Cc1cc(C)nc(SCC(=O)OCC(=O)N2N=C3/C(=C\c4ccccc4)CCC[C@H]3[C@H]2c2ccccc2)n1. The van der Waals surface area contributed by atoms with Crippen molar-refractivity contribution in [1.29, 1.82) is 0 Å². The van der Waals surface area contributed by atoms with Gasteiger partial charge in [-0.05, 0) is 62.0 Å². The third-order valence-corrected chi connectivity index (χ3v) is 7.50. The number of fused-ring (bicyclic) bond motifs is 1. The molecule has 1 aliphatic heterocycles. The number of hydrazone groups is 1. The number of carbonyl (C=O) groups excluding carboxylic acids is 2. The van der Waals surface area contributed by atoms with Gasteiger partial charge in [0.1, 0.15) is 0 Å². The zero-order valence-corrected chi connectivity index (χ0v) is 22.4. The molecule has 5 rings (SSSR count). The van der Waals surface area contributed by atoms with E-state index in [4.69, 9.17) is 9.84 Å². The van der Waals surface area contributed by atoms with E-state index in [-0.39, 0.29) is 30.2 Å². The van der Waals surface area contributed by atoms with Crippen LogP contribution in [0, 0.1) is 19.8 Å². The van der Waals surface area contributed by atoms with Crippen molar-refractivity contribution in [3.8, 4) is 0 Å². The van der Waals surface area contributed by atoms with Crippen LogP contribution < -0.4 is 0 Å². The van der Waals surface area contributed by atoms with Gasteiger partial charge in [-0.25, -0.2) is 15.0 Å². The molecule has 1 saturated carbocycles. The van der Waals surface area contributed by atoms with Crippen LogP contribution in [0.3, 0.4) is 0 Å². The second-order valence-electron chi connectivity index (χ2n) is 9.54. The van der Waals surface area contributed by atoms with E-state index < -0.39 is 5.97 Å². The van der Waals surface area contributed by atoms with Crippen LogP contribution in [0.4, 0.5) is 0 Å². The first-order chi connectivity index (χ1) is 18.5. The van der Waals surface area contributed by atoms with Gasteiger partial charge in [0.2, 0.25) is 0 Å². The fraction of sp³-hybridized carbons (Fsp3) is 0.300. The van der Waals surface area contributed by atoms with Crippen LogP contribution >= 0.6 is 11.8 Å². The highest BCUT2D eigenvalue weighted by molar-refractivity contribution is 7.99. The van der Waals surface area contributed by atoms with Crippen LogP contribution in [-0.2, 0) is 14.3 Å². The zero-order chi connectivity index (χ0) is 26.5. The van der Waals surface area contributed by atoms with Gasteiger partial charge in [-0.15, -0.1) is 0 Å². The molecule has 1 amide bonds. The molecule has 3 aromatic rings. The number of rotatable bonds is 7. The summed E-state index contributed by atoms with van der Waals surface area (Å²) < 4.78 is 5.37. The summed E-state index contributed by atoms with van der Waals surface area (Å²) in [6.07, 6.45) is 5.06. The number of nitrogens with zero attached hydrogens (tertiary/aromatic N) is 4. The maximum absolute atomic E-state index is 13.4. The standard InChI is InChI=1S/C30H30N4O3S/c1-20-16-21(2)32-30(31-20)38-19-27(36)37-18-26(35)34-29(23-12-7-4-8-13-23)25-15-9-14-24(28(25)33-34)17-22-10-5-3-6-11-22/h3-8,10-13,16-17,25,29H,9,14-15,18-19H2,1-2H3/b24-17-/t25-,29-/m1/s1. The van der Waals surface area contributed by atoms with E-state index in [1.165, 1.54) is 16.8 Å². The Bertz CT molecular complexity index is 1350. The third kappa shape index (κ3) is 6.02. The van der Waals surface area contributed by atoms with Crippen LogP contribution in [-0.4, -0.2) is 44.9 Å². The predicted molar refractivity (Wildman–Crippen MR) is 148 cm³/mol. The molecular formula is C30H30N4O3S. The van der Waals surface area contributed by atoms with E-state index in [1.54, 1.807) is 0 Å². The van der Waals surface area contributed by atoms with Crippen LogP contribution in [0.5, 0.6) is 0 Å². The Morgan fingerprint density at radius 2 is 1.71 bits per heavy atom. The monoisotopic (exact) mass is 526 g/mol. The van der Waals surface area contributed by atoms with Gasteiger partial charge < -0.3 is 4.74 Å². The van der Waals surface area contributed by atoms with Crippen molar-refractivity contribution in [2.24, 2.45) is 11.0 Å². The molecule has 2 aliphatic rings. The highest BCUT2D eigenvalue weighted by Gasteiger charge is 2.43. The highest BCUT2D eigenvalue weighted by Crippen LogP contribution is 2.44. The van der Waals surface area contributed by atoms with Gasteiger partial charge in [-0.1, -0.05) is 72.4 Å². The summed E-state index contributed by atoms with van der Waals surface area (Å²) in [6, 6.07) is 21.8. The number of esters is 1. The fourth-order valence-corrected chi connectivity index (χ4v) is 5.82. The maximum atomic E-state index is 13.4. The van der Waals surface area contributed by atoms with Gasteiger partial charge in [0.25, 0.3) is 5.91 Å². The molecule has 0 unspecified atom stereocenters. The van der Waals surface area contributed by atoms with Crippen molar-refractivity contribution in [2.45, 2.75) is 44.3 Å². The number of aryl methyl sites for hydroxylation is 2. The minimum atomic E-state index is -0.490. The Balaban J connectivity index is 1.31. The Morgan fingerprint density at radius 3 is 2.42 bits per heavy atom. The first-order valence-corrected chi connectivity index (χ1v) is 13.8. The van der Waals surface area contributed by atoms with Crippen LogP contribution in [0.1, 0.15) is 47.8 Å². The molecule has 0 saturated heterocycles. The molecular weight excluding hydrogens is 496 g/mol. The lowest BCUT2D eigenvalue weighted by Gasteiger charge is -2.29. The summed E-state index contributed by atoms with van der Waals surface area (Å²) in [7, 11) is 0. The van der Waals surface area contributed by atoms with E-state index >= 15 is 0 Å². The minimum absolute atomic E-state index is 0.0272. The molecule has 1 fully saturated rings. The van der Waals surface area contributed by atoms with E-state index in [2.05, 4.69) is 28.2 Å². The van der Waals surface area contributed by atoms with Crippen LogP contribution in [0.25, 0.3) is 6.08 Å². The van der Waals surface area contributed by atoms with E-state index in [0.717, 1.165) is 53.1 Å². The normalized spacial score (nSPS) is 19.7. The van der Waals surface area contributed by atoms with Crippen LogP contribution in [0.15, 0.2) is 82.6 Å². The van der Waals surface area contributed by atoms with Gasteiger partial charge in [-0.3, -0.25) is 9.59 Å². The maximum Gasteiger partial charge on any atom is 0.316 e. The molecule has 0 N–H and O–H groups in total. The second kappa shape index (κ2) is 11.7. The van der Waals surface area contributed by atoms with E-state index in [9.17, 15) is 9.59 Å². The molecule has 7 nitrogen and oxygen atoms in total. The van der Waals surface area contributed by atoms with Crippen molar-refractivity contribution >= 4 is 35.4 Å². The van der Waals surface area contributed by atoms with Gasteiger partial charge in [0.15, 0.2) is 11.8 Å². The first kappa shape index (κ1) is 25.9. The van der Waals surface area contributed by atoms with Gasteiger partial charge >= 0.3 is 5.97 Å². The summed E-state index contributed by atoms with van der Waals surface area (Å²) in [5, 5.41) is 6.90. The molecule has 0 bridgehead atoms. The number of thioether (sulfide) groups is 1. The molecule has 194 valence electrons. The molecule has 38 heavy (non-hydrogen) atoms. The first-order valence-electron chi connectivity index (χ1n) is 12.8. The fourth-order valence-electron chi connectivity index (χ4n) is 5.07. The van der Waals surface area contributed by atoms with Crippen molar-refractivity contribution in [3.63, 3.8) is 0 Å². The molecule has 1 aliphatic carbocycles. The molecule has 8 heteroatoms.